The van der Waals surface area contributed by atoms with E-state index in [4.69, 9.17) is 10.5 Å². The van der Waals surface area contributed by atoms with Crippen LogP contribution in [-0.2, 0) is 0 Å². The number of ether oxygens (including phenoxy) is 1. The van der Waals surface area contributed by atoms with Crippen molar-refractivity contribution in [1.82, 2.24) is 9.97 Å². The molecule has 4 N–H and O–H groups in total. The van der Waals surface area contributed by atoms with Crippen LogP contribution in [0.25, 0.3) is 11.3 Å². The number of methoxy groups -OCH3 is 1. The summed E-state index contributed by atoms with van der Waals surface area (Å²) < 4.78 is 5.11. The largest absolute Gasteiger partial charge is 0.497 e. The number of aromatic nitrogens is 2. The molecule has 2 rings (SSSR count). The van der Waals surface area contributed by atoms with E-state index in [1.807, 2.05) is 24.3 Å². The highest BCUT2D eigenvalue weighted by atomic mass is 16.5. The Kier molecular flexibility index (Phi) is 4.15. The fourth-order valence-corrected chi connectivity index (χ4v) is 1.72. The molecule has 0 saturated carbocycles. The first-order valence-electron chi connectivity index (χ1n) is 5.92. The number of anilines is 1. The Bertz CT molecular complexity index is 592. The van der Waals surface area contributed by atoms with Crippen molar-refractivity contribution in [3.63, 3.8) is 0 Å². The van der Waals surface area contributed by atoms with Crippen LogP contribution in [0.2, 0.25) is 0 Å². The first-order chi connectivity index (χ1) is 9.24. The smallest absolute Gasteiger partial charge is 0.345 e. The summed E-state index contributed by atoms with van der Waals surface area (Å²) in [6.07, 6.45) is 1.51. The predicted octanol–water partition coefficient (Wildman–Crippen LogP) is 0.816. The fraction of sp³-hybridized carbons (Fsp3) is 0.231. The van der Waals surface area contributed by atoms with Crippen LogP contribution in [0, 0.1) is 0 Å². The molecule has 0 spiro atoms. The third-order valence-corrected chi connectivity index (χ3v) is 2.65. The number of nitrogens with one attached hydrogen (secondary N) is 2. The summed E-state index contributed by atoms with van der Waals surface area (Å²) in [7, 11) is 1.61. The Morgan fingerprint density at radius 3 is 2.74 bits per heavy atom. The van der Waals surface area contributed by atoms with Crippen molar-refractivity contribution in [3.8, 4) is 17.0 Å². The average molecular weight is 260 g/mol. The molecule has 0 atom stereocenters. The van der Waals surface area contributed by atoms with Gasteiger partial charge in [0.05, 0.1) is 24.7 Å². The van der Waals surface area contributed by atoms with E-state index in [0.717, 1.165) is 17.0 Å². The van der Waals surface area contributed by atoms with Crippen LogP contribution in [-0.4, -0.2) is 30.2 Å². The lowest BCUT2D eigenvalue weighted by atomic mass is 10.1. The van der Waals surface area contributed by atoms with Gasteiger partial charge in [0.2, 0.25) is 0 Å². The monoisotopic (exact) mass is 260 g/mol. The number of hydrogen-bond donors (Lipinski definition) is 3. The molecule has 0 aliphatic heterocycles. The summed E-state index contributed by atoms with van der Waals surface area (Å²) in [5.41, 5.74) is 7.39. The zero-order chi connectivity index (χ0) is 13.7. The minimum Gasteiger partial charge on any atom is -0.497 e. The van der Waals surface area contributed by atoms with Crippen LogP contribution in [0.15, 0.2) is 35.3 Å². The Labute approximate surface area is 110 Å². The molecule has 0 aliphatic rings. The van der Waals surface area contributed by atoms with Gasteiger partial charge in [-0.2, -0.15) is 4.98 Å². The van der Waals surface area contributed by atoms with Gasteiger partial charge in [0.1, 0.15) is 5.75 Å². The van der Waals surface area contributed by atoms with Gasteiger partial charge in [-0.15, -0.1) is 0 Å². The van der Waals surface area contributed by atoms with Gasteiger partial charge < -0.3 is 20.8 Å². The highest BCUT2D eigenvalue weighted by Gasteiger charge is 2.07. The van der Waals surface area contributed by atoms with Crippen molar-refractivity contribution in [1.29, 1.82) is 0 Å². The maximum Gasteiger partial charge on any atom is 0.345 e. The number of nitrogens with two attached hydrogens (primary N) is 1. The van der Waals surface area contributed by atoms with Crippen LogP contribution in [0.5, 0.6) is 5.75 Å². The van der Waals surface area contributed by atoms with E-state index in [9.17, 15) is 4.79 Å². The number of H-pyrrole nitrogens is 1. The van der Waals surface area contributed by atoms with Crippen molar-refractivity contribution in [2.24, 2.45) is 5.73 Å². The van der Waals surface area contributed by atoms with Crippen molar-refractivity contribution < 1.29 is 4.74 Å². The minimum atomic E-state index is -0.385. The molecule has 0 bridgehead atoms. The van der Waals surface area contributed by atoms with E-state index in [2.05, 4.69) is 15.3 Å². The maximum absolute atomic E-state index is 11.4. The van der Waals surface area contributed by atoms with E-state index in [0.29, 0.717) is 18.8 Å². The molecule has 1 aromatic carbocycles. The molecule has 0 aliphatic carbocycles. The average Bonchev–Trinajstić information content (AvgIpc) is 2.46. The molecule has 0 saturated heterocycles. The number of aromatic amines is 1. The molecule has 19 heavy (non-hydrogen) atoms. The third kappa shape index (κ3) is 3.11. The van der Waals surface area contributed by atoms with Gasteiger partial charge >= 0.3 is 5.69 Å². The van der Waals surface area contributed by atoms with Crippen molar-refractivity contribution in [2.45, 2.75) is 0 Å². The van der Waals surface area contributed by atoms with Gasteiger partial charge in [-0.25, -0.2) is 4.79 Å². The molecular weight excluding hydrogens is 244 g/mol. The van der Waals surface area contributed by atoms with Crippen LogP contribution < -0.4 is 21.5 Å². The molecule has 0 fully saturated rings. The van der Waals surface area contributed by atoms with Gasteiger partial charge in [0.25, 0.3) is 0 Å². The predicted molar refractivity (Wildman–Crippen MR) is 74.4 cm³/mol. The van der Waals surface area contributed by atoms with Crippen LogP contribution in [0.3, 0.4) is 0 Å². The van der Waals surface area contributed by atoms with Gasteiger partial charge in [-0.05, 0) is 24.3 Å². The number of rotatable bonds is 5. The molecule has 0 radical (unpaired) electrons. The molecule has 2 aromatic rings. The number of hydrogen-bond acceptors (Lipinski definition) is 5. The van der Waals surface area contributed by atoms with Gasteiger partial charge in [-0.3, -0.25) is 0 Å². The second kappa shape index (κ2) is 6.01. The standard InChI is InChI=1S/C13H16N4O2/c1-19-10-4-2-9(3-5-10)12-11(15-7-6-14)8-16-13(18)17-12/h2-5,8,15H,6-7,14H2,1H3,(H,16,17,18). The normalized spacial score (nSPS) is 10.2. The Hall–Kier alpha value is -2.34. The Morgan fingerprint density at radius 1 is 1.37 bits per heavy atom. The summed E-state index contributed by atoms with van der Waals surface area (Å²) in [5.74, 6) is 0.761. The maximum atomic E-state index is 11.4. The van der Waals surface area contributed by atoms with Gasteiger partial charge in [0.15, 0.2) is 0 Å². The second-order valence-electron chi connectivity index (χ2n) is 3.92. The summed E-state index contributed by atoms with van der Waals surface area (Å²) in [5, 5.41) is 3.13. The van der Waals surface area contributed by atoms with Gasteiger partial charge in [0, 0.05) is 18.7 Å². The highest BCUT2D eigenvalue weighted by Crippen LogP contribution is 2.25. The molecular formula is C13H16N4O2. The summed E-state index contributed by atoms with van der Waals surface area (Å²) in [6, 6.07) is 7.41. The zero-order valence-corrected chi connectivity index (χ0v) is 10.6. The SMILES string of the molecule is COc1ccc(-c2[nH]c(=O)ncc2NCCN)cc1. The summed E-state index contributed by atoms with van der Waals surface area (Å²) in [6.45, 7) is 1.11. The first kappa shape index (κ1) is 13.1. The molecule has 1 aromatic heterocycles. The third-order valence-electron chi connectivity index (χ3n) is 2.65. The molecule has 1 heterocycles. The van der Waals surface area contributed by atoms with Gasteiger partial charge in [-0.1, -0.05) is 0 Å². The molecule has 0 amide bonds. The lowest BCUT2D eigenvalue weighted by Crippen LogP contribution is -2.17. The molecule has 100 valence electrons. The van der Waals surface area contributed by atoms with E-state index in [-0.39, 0.29) is 5.69 Å². The van der Waals surface area contributed by atoms with E-state index >= 15 is 0 Å². The van der Waals surface area contributed by atoms with Crippen LogP contribution >= 0.6 is 0 Å². The number of benzene rings is 1. The fourth-order valence-electron chi connectivity index (χ4n) is 1.72. The first-order valence-corrected chi connectivity index (χ1v) is 5.92. The van der Waals surface area contributed by atoms with Crippen LogP contribution in [0.4, 0.5) is 5.69 Å². The van der Waals surface area contributed by atoms with Crippen LogP contribution in [0.1, 0.15) is 0 Å². The Morgan fingerprint density at radius 2 is 2.11 bits per heavy atom. The lowest BCUT2D eigenvalue weighted by molar-refractivity contribution is 0.415. The summed E-state index contributed by atoms with van der Waals surface area (Å²) >= 11 is 0. The topological polar surface area (TPSA) is 93.0 Å². The highest BCUT2D eigenvalue weighted by molar-refractivity contribution is 5.73. The molecule has 6 heteroatoms. The van der Waals surface area contributed by atoms with Crippen molar-refractivity contribution >= 4 is 5.69 Å². The van der Waals surface area contributed by atoms with E-state index in [1.165, 1.54) is 6.20 Å². The zero-order valence-electron chi connectivity index (χ0n) is 10.6. The van der Waals surface area contributed by atoms with Crippen molar-refractivity contribution in [3.05, 3.63) is 40.9 Å². The quantitative estimate of drug-likeness (QED) is 0.740. The van der Waals surface area contributed by atoms with E-state index < -0.39 is 0 Å². The molecule has 0 unspecified atom stereocenters. The number of nitrogens with zero attached hydrogens (tertiary/aromatic N) is 1. The van der Waals surface area contributed by atoms with E-state index in [1.54, 1.807) is 7.11 Å². The molecule has 6 nitrogen and oxygen atoms in total. The van der Waals surface area contributed by atoms with Crippen molar-refractivity contribution in [2.75, 3.05) is 25.5 Å². The second-order valence-corrected chi connectivity index (χ2v) is 3.92. The Balaban J connectivity index is 2.40. The summed E-state index contributed by atoms with van der Waals surface area (Å²) in [4.78, 5) is 17.8. The minimum absolute atomic E-state index is 0.385. The lowest BCUT2D eigenvalue weighted by Gasteiger charge is -2.10.